The molecule has 2 rings (SSSR count). The molecule has 2 fully saturated rings. The Morgan fingerprint density at radius 3 is 2.65 bits per heavy atom. The summed E-state index contributed by atoms with van der Waals surface area (Å²) in [6.45, 7) is 2.41. The monoisotopic (exact) mass is 283 g/mol. The van der Waals surface area contributed by atoms with Crippen LogP contribution in [0.2, 0.25) is 0 Å². The van der Waals surface area contributed by atoms with Crippen LogP contribution in [0.5, 0.6) is 0 Å². The predicted octanol–water partition coefficient (Wildman–Crippen LogP) is 0.482. The van der Waals surface area contributed by atoms with E-state index in [1.807, 2.05) is 11.9 Å². The maximum Gasteiger partial charge on any atom is 0.234 e. The van der Waals surface area contributed by atoms with Gasteiger partial charge in [0.25, 0.3) is 0 Å². The molecule has 0 aromatic rings. The second kappa shape index (κ2) is 7.38. The average molecular weight is 283 g/mol. The van der Waals surface area contributed by atoms with Gasteiger partial charge in [-0.3, -0.25) is 9.69 Å². The molecule has 20 heavy (non-hydrogen) atoms. The van der Waals surface area contributed by atoms with E-state index in [0.717, 1.165) is 25.8 Å². The highest BCUT2D eigenvalue weighted by Crippen LogP contribution is 2.17. The average Bonchev–Trinajstić information content (AvgIpc) is 2.63. The summed E-state index contributed by atoms with van der Waals surface area (Å²) in [5, 5.41) is 16.6. The van der Waals surface area contributed by atoms with Crippen LogP contribution >= 0.6 is 0 Å². The normalized spacial score (nSPS) is 28.6. The summed E-state index contributed by atoms with van der Waals surface area (Å²) >= 11 is 0. The SMILES string of the molecule is CN(CC(=O)NC1CCCCCC1)CC1(O)CCNC1. The lowest BCUT2D eigenvalue weighted by Gasteiger charge is -2.28. The number of aliphatic hydroxyl groups is 1. The van der Waals surface area contributed by atoms with Crippen LogP contribution in [-0.2, 0) is 4.79 Å². The van der Waals surface area contributed by atoms with Crippen molar-refractivity contribution in [3.63, 3.8) is 0 Å². The van der Waals surface area contributed by atoms with Gasteiger partial charge in [-0.1, -0.05) is 25.7 Å². The van der Waals surface area contributed by atoms with Gasteiger partial charge in [0.15, 0.2) is 0 Å². The number of likely N-dealkylation sites (N-methyl/N-ethyl adjacent to an activating group) is 1. The number of carbonyl (C=O) groups excluding carboxylic acids is 1. The van der Waals surface area contributed by atoms with Gasteiger partial charge < -0.3 is 15.7 Å². The third-order valence-electron chi connectivity index (χ3n) is 4.42. The fourth-order valence-corrected chi connectivity index (χ4v) is 3.37. The lowest BCUT2D eigenvalue weighted by molar-refractivity contribution is -0.123. The van der Waals surface area contributed by atoms with Crippen molar-refractivity contribution in [2.75, 3.05) is 33.2 Å². The summed E-state index contributed by atoms with van der Waals surface area (Å²) in [5.41, 5.74) is -0.669. The molecule has 0 spiro atoms. The van der Waals surface area contributed by atoms with Crippen LogP contribution in [0.25, 0.3) is 0 Å². The molecule has 1 unspecified atom stereocenters. The molecule has 1 aliphatic heterocycles. The highest BCUT2D eigenvalue weighted by atomic mass is 16.3. The lowest BCUT2D eigenvalue weighted by atomic mass is 10.0. The molecular formula is C15H29N3O2. The zero-order chi connectivity index (χ0) is 14.4. The molecule has 2 aliphatic rings. The van der Waals surface area contributed by atoms with Crippen molar-refractivity contribution in [2.24, 2.45) is 0 Å². The molecule has 0 bridgehead atoms. The first-order valence-electron chi connectivity index (χ1n) is 7.98. The number of nitrogens with one attached hydrogen (secondary N) is 2. The van der Waals surface area contributed by atoms with E-state index >= 15 is 0 Å². The summed E-state index contributed by atoms with van der Waals surface area (Å²) in [4.78, 5) is 14.0. The summed E-state index contributed by atoms with van der Waals surface area (Å²) in [7, 11) is 1.91. The van der Waals surface area contributed by atoms with Crippen molar-refractivity contribution in [3.05, 3.63) is 0 Å². The first-order chi connectivity index (χ1) is 9.57. The van der Waals surface area contributed by atoms with Crippen LogP contribution in [0, 0.1) is 0 Å². The van der Waals surface area contributed by atoms with Gasteiger partial charge in [0.2, 0.25) is 5.91 Å². The number of hydrogen-bond donors (Lipinski definition) is 3. The number of carbonyl (C=O) groups is 1. The largest absolute Gasteiger partial charge is 0.387 e. The predicted molar refractivity (Wildman–Crippen MR) is 79.6 cm³/mol. The Morgan fingerprint density at radius 1 is 1.35 bits per heavy atom. The van der Waals surface area contributed by atoms with Crippen molar-refractivity contribution >= 4 is 5.91 Å². The van der Waals surface area contributed by atoms with E-state index in [1.54, 1.807) is 0 Å². The number of rotatable bonds is 5. The third kappa shape index (κ3) is 5.04. The molecule has 5 heteroatoms. The minimum absolute atomic E-state index is 0.0916. The first-order valence-corrected chi connectivity index (χ1v) is 7.98. The zero-order valence-electron chi connectivity index (χ0n) is 12.7. The van der Waals surface area contributed by atoms with Crippen molar-refractivity contribution in [2.45, 2.75) is 56.6 Å². The number of hydrogen-bond acceptors (Lipinski definition) is 4. The van der Waals surface area contributed by atoms with Crippen molar-refractivity contribution in [1.29, 1.82) is 0 Å². The van der Waals surface area contributed by atoms with Gasteiger partial charge in [-0.2, -0.15) is 0 Å². The summed E-state index contributed by atoms with van der Waals surface area (Å²) < 4.78 is 0. The van der Waals surface area contributed by atoms with Crippen LogP contribution in [-0.4, -0.2) is 60.8 Å². The third-order valence-corrected chi connectivity index (χ3v) is 4.42. The highest BCUT2D eigenvalue weighted by molar-refractivity contribution is 5.78. The highest BCUT2D eigenvalue weighted by Gasteiger charge is 2.32. The van der Waals surface area contributed by atoms with Gasteiger partial charge in [-0.05, 0) is 32.9 Å². The van der Waals surface area contributed by atoms with Crippen LogP contribution in [0.4, 0.5) is 0 Å². The van der Waals surface area contributed by atoms with Crippen LogP contribution in [0.1, 0.15) is 44.9 Å². The van der Waals surface area contributed by atoms with Gasteiger partial charge in [-0.25, -0.2) is 0 Å². The van der Waals surface area contributed by atoms with E-state index in [9.17, 15) is 9.90 Å². The van der Waals surface area contributed by atoms with Crippen molar-refractivity contribution < 1.29 is 9.90 Å². The molecule has 3 N–H and O–H groups in total. The Balaban J connectivity index is 1.70. The minimum atomic E-state index is -0.669. The molecule has 1 saturated heterocycles. The Kier molecular flexibility index (Phi) is 5.81. The van der Waals surface area contributed by atoms with E-state index in [2.05, 4.69) is 10.6 Å². The molecule has 1 amide bonds. The standard InChI is InChI=1S/C15H29N3O2/c1-18(12-15(20)8-9-16-11-15)10-14(19)17-13-6-4-2-3-5-7-13/h13,16,20H,2-12H2,1H3,(H,17,19). The lowest BCUT2D eigenvalue weighted by Crippen LogP contribution is -2.47. The molecule has 0 aromatic carbocycles. The van der Waals surface area contributed by atoms with Crippen LogP contribution in [0.15, 0.2) is 0 Å². The molecule has 0 radical (unpaired) electrons. The maximum atomic E-state index is 12.1. The fraction of sp³-hybridized carbons (Fsp3) is 0.933. The molecule has 1 heterocycles. The van der Waals surface area contributed by atoms with Crippen molar-refractivity contribution in [3.8, 4) is 0 Å². The van der Waals surface area contributed by atoms with Gasteiger partial charge in [0, 0.05) is 19.1 Å². The Labute approximate surface area is 122 Å². The molecular weight excluding hydrogens is 254 g/mol. The van der Waals surface area contributed by atoms with Crippen LogP contribution < -0.4 is 10.6 Å². The second-order valence-electron chi connectivity index (χ2n) is 6.58. The Morgan fingerprint density at radius 2 is 2.05 bits per heavy atom. The number of amides is 1. The van der Waals surface area contributed by atoms with E-state index in [4.69, 9.17) is 0 Å². The fourth-order valence-electron chi connectivity index (χ4n) is 3.37. The summed E-state index contributed by atoms with van der Waals surface area (Å²) in [6.07, 6.45) is 8.05. The molecule has 5 nitrogen and oxygen atoms in total. The quantitative estimate of drug-likeness (QED) is 0.642. The molecule has 1 atom stereocenters. The van der Waals surface area contributed by atoms with E-state index < -0.39 is 5.60 Å². The first kappa shape index (κ1) is 15.7. The summed E-state index contributed by atoms with van der Waals surface area (Å²) in [6, 6.07) is 0.356. The van der Waals surface area contributed by atoms with Crippen LogP contribution in [0.3, 0.4) is 0 Å². The zero-order valence-corrected chi connectivity index (χ0v) is 12.7. The smallest absolute Gasteiger partial charge is 0.234 e. The maximum absolute atomic E-state index is 12.1. The topological polar surface area (TPSA) is 64.6 Å². The number of nitrogens with zero attached hydrogens (tertiary/aromatic N) is 1. The summed E-state index contributed by atoms with van der Waals surface area (Å²) in [5.74, 6) is 0.0916. The minimum Gasteiger partial charge on any atom is -0.387 e. The molecule has 1 aliphatic carbocycles. The van der Waals surface area contributed by atoms with E-state index in [-0.39, 0.29) is 5.91 Å². The molecule has 1 saturated carbocycles. The second-order valence-corrected chi connectivity index (χ2v) is 6.58. The van der Waals surface area contributed by atoms with Gasteiger partial charge in [0.05, 0.1) is 12.1 Å². The van der Waals surface area contributed by atoms with E-state index in [0.29, 0.717) is 25.7 Å². The Hall–Kier alpha value is -0.650. The van der Waals surface area contributed by atoms with E-state index in [1.165, 1.54) is 25.7 Å². The van der Waals surface area contributed by atoms with Gasteiger partial charge in [0.1, 0.15) is 0 Å². The van der Waals surface area contributed by atoms with Gasteiger partial charge in [-0.15, -0.1) is 0 Å². The Bertz CT molecular complexity index is 308. The molecule has 0 aromatic heterocycles. The van der Waals surface area contributed by atoms with Gasteiger partial charge >= 0.3 is 0 Å². The van der Waals surface area contributed by atoms with Crippen molar-refractivity contribution in [1.82, 2.24) is 15.5 Å². The molecule has 116 valence electrons. The number of β-amino-alcohol motifs (C(OH)–C–C–N with tert-alkyl or cyclic N) is 1.